The minimum absolute atomic E-state index is 0.0281. The van der Waals surface area contributed by atoms with Gasteiger partial charge in [0.05, 0.1) is 4.90 Å². The van der Waals surface area contributed by atoms with E-state index >= 15 is 0 Å². The molecule has 1 atom stereocenters. The molecule has 0 bridgehead atoms. The molecule has 1 aliphatic heterocycles. The molecule has 0 aromatic heterocycles. The number of allylic oxidation sites excluding steroid dienone is 1. The molecular weight excluding hydrogens is 491 g/mol. The molecule has 184 valence electrons. The lowest BCUT2D eigenvalue weighted by Gasteiger charge is -2.17. The maximum atomic E-state index is 13.3. The van der Waals surface area contributed by atoms with Crippen LogP contribution in [0.3, 0.4) is 0 Å². The van der Waals surface area contributed by atoms with Crippen molar-refractivity contribution in [3.05, 3.63) is 82.9 Å². The Morgan fingerprint density at radius 1 is 1.00 bits per heavy atom. The predicted molar refractivity (Wildman–Crippen MR) is 122 cm³/mol. The van der Waals surface area contributed by atoms with Crippen LogP contribution in [0.1, 0.15) is 25.0 Å². The van der Waals surface area contributed by atoms with Gasteiger partial charge in [-0.1, -0.05) is 59.7 Å². The van der Waals surface area contributed by atoms with Crippen LogP contribution in [0.2, 0.25) is 0 Å². The number of hydrogen-bond donors (Lipinski definition) is 0. The number of sulfonamides is 1. The van der Waals surface area contributed by atoms with E-state index in [9.17, 15) is 30.0 Å². The SMILES string of the molecule is CC(C)=CC1CN(S(=O)(=O)c2ccc(C)cc2)C/C1=C(\OS(=O)(=O)C(F)(F)F)c1ccccc1. The molecular formula is C23H24F3NO5S2. The Morgan fingerprint density at radius 2 is 1.59 bits per heavy atom. The zero-order chi connectivity index (χ0) is 25.3. The van der Waals surface area contributed by atoms with Crippen molar-refractivity contribution >= 4 is 25.9 Å². The first kappa shape index (κ1) is 26.0. The number of alkyl halides is 3. The lowest BCUT2D eigenvalue weighted by atomic mass is 9.96. The quantitative estimate of drug-likeness (QED) is 0.238. The second-order valence-electron chi connectivity index (χ2n) is 8.16. The Morgan fingerprint density at radius 3 is 2.12 bits per heavy atom. The van der Waals surface area contributed by atoms with Crippen molar-refractivity contribution in [1.82, 2.24) is 4.31 Å². The normalized spacial score (nSPS) is 19.1. The van der Waals surface area contributed by atoms with Crippen LogP contribution in [-0.4, -0.2) is 39.7 Å². The fourth-order valence-electron chi connectivity index (χ4n) is 3.57. The van der Waals surface area contributed by atoms with Gasteiger partial charge in [0.15, 0.2) is 5.76 Å². The third-order valence-corrected chi connectivity index (χ3v) is 7.97. The molecule has 1 aliphatic rings. The molecule has 11 heteroatoms. The van der Waals surface area contributed by atoms with E-state index in [-0.39, 0.29) is 29.1 Å². The van der Waals surface area contributed by atoms with Crippen LogP contribution in [0.5, 0.6) is 0 Å². The summed E-state index contributed by atoms with van der Waals surface area (Å²) in [4.78, 5) is 0.0281. The van der Waals surface area contributed by atoms with Gasteiger partial charge < -0.3 is 4.18 Å². The van der Waals surface area contributed by atoms with Gasteiger partial charge in [-0.25, -0.2) is 8.42 Å². The first-order valence-corrected chi connectivity index (χ1v) is 13.1. The average molecular weight is 516 g/mol. The van der Waals surface area contributed by atoms with Gasteiger partial charge in [-0.2, -0.15) is 25.9 Å². The number of benzene rings is 2. The third-order valence-electron chi connectivity index (χ3n) is 5.19. The Bertz CT molecular complexity index is 1310. The van der Waals surface area contributed by atoms with Crippen LogP contribution in [0.25, 0.3) is 5.76 Å². The Kier molecular flexibility index (Phi) is 7.30. The van der Waals surface area contributed by atoms with Gasteiger partial charge >= 0.3 is 15.6 Å². The summed E-state index contributed by atoms with van der Waals surface area (Å²) in [5.41, 5.74) is -3.79. The van der Waals surface area contributed by atoms with Gasteiger partial charge in [-0.3, -0.25) is 0 Å². The summed E-state index contributed by atoms with van der Waals surface area (Å²) in [6, 6.07) is 13.6. The lowest BCUT2D eigenvalue weighted by molar-refractivity contribution is -0.0509. The molecule has 0 spiro atoms. The van der Waals surface area contributed by atoms with E-state index in [2.05, 4.69) is 4.18 Å². The molecule has 1 saturated heterocycles. The van der Waals surface area contributed by atoms with Crippen LogP contribution in [-0.2, 0) is 24.3 Å². The van der Waals surface area contributed by atoms with Crippen molar-refractivity contribution < 1.29 is 34.2 Å². The number of aryl methyl sites for hydroxylation is 1. The standard InChI is InChI=1S/C23H24F3NO5S2/c1-16(2)13-19-14-27(33(28,29)20-11-9-17(3)10-12-20)15-21(19)22(18-7-5-4-6-8-18)32-34(30,31)23(24,25)26/h4-13,19H,14-15H2,1-3H3/b22-21+. The van der Waals surface area contributed by atoms with Crippen LogP contribution >= 0.6 is 0 Å². The van der Waals surface area contributed by atoms with Gasteiger partial charge in [0, 0.05) is 24.6 Å². The summed E-state index contributed by atoms with van der Waals surface area (Å²) in [5, 5.41) is 0. The fraction of sp³-hybridized carbons (Fsp3) is 0.304. The summed E-state index contributed by atoms with van der Waals surface area (Å²) in [5.74, 6) is -1.22. The molecule has 6 nitrogen and oxygen atoms in total. The van der Waals surface area contributed by atoms with E-state index in [0.29, 0.717) is 0 Å². The van der Waals surface area contributed by atoms with Crippen LogP contribution in [0.15, 0.2) is 76.7 Å². The topological polar surface area (TPSA) is 80.8 Å². The van der Waals surface area contributed by atoms with E-state index < -0.39 is 37.3 Å². The van der Waals surface area contributed by atoms with Crippen molar-refractivity contribution in [2.75, 3.05) is 13.1 Å². The molecule has 0 aliphatic carbocycles. The van der Waals surface area contributed by atoms with Crippen molar-refractivity contribution in [3.8, 4) is 0 Å². The van der Waals surface area contributed by atoms with Gasteiger partial charge in [0.1, 0.15) is 0 Å². The number of halogens is 3. The van der Waals surface area contributed by atoms with E-state index in [4.69, 9.17) is 0 Å². The smallest absolute Gasteiger partial charge is 0.375 e. The van der Waals surface area contributed by atoms with Crippen molar-refractivity contribution in [1.29, 1.82) is 0 Å². The Labute approximate surface area is 197 Å². The highest BCUT2D eigenvalue weighted by atomic mass is 32.2. The highest BCUT2D eigenvalue weighted by molar-refractivity contribution is 7.89. The summed E-state index contributed by atoms with van der Waals surface area (Å²) in [7, 11) is -9.99. The second-order valence-corrected chi connectivity index (χ2v) is 11.6. The maximum Gasteiger partial charge on any atom is 0.534 e. The number of nitrogens with zero attached hydrogens (tertiary/aromatic N) is 1. The molecule has 1 heterocycles. The van der Waals surface area contributed by atoms with Gasteiger partial charge in [0.25, 0.3) is 0 Å². The predicted octanol–water partition coefficient (Wildman–Crippen LogP) is 4.86. The fourth-order valence-corrected chi connectivity index (χ4v) is 5.53. The summed E-state index contributed by atoms with van der Waals surface area (Å²) < 4.78 is 95.7. The van der Waals surface area contributed by atoms with Gasteiger partial charge in [0.2, 0.25) is 10.0 Å². The van der Waals surface area contributed by atoms with Crippen molar-refractivity contribution in [3.63, 3.8) is 0 Å². The molecule has 1 fully saturated rings. The Balaban J connectivity index is 2.18. The molecule has 34 heavy (non-hydrogen) atoms. The molecule has 0 N–H and O–H groups in total. The highest BCUT2D eigenvalue weighted by Gasteiger charge is 2.50. The van der Waals surface area contributed by atoms with Crippen molar-refractivity contribution in [2.24, 2.45) is 5.92 Å². The Hall–Kier alpha value is -2.63. The molecule has 3 rings (SSSR count). The molecule has 0 saturated carbocycles. The van der Waals surface area contributed by atoms with Crippen molar-refractivity contribution in [2.45, 2.75) is 31.2 Å². The number of hydrogen-bond acceptors (Lipinski definition) is 5. The molecule has 0 radical (unpaired) electrons. The van der Waals surface area contributed by atoms with E-state index in [0.717, 1.165) is 15.4 Å². The summed E-state index contributed by atoms with van der Waals surface area (Å²) in [6.45, 7) is 4.90. The minimum atomic E-state index is -5.99. The largest absolute Gasteiger partial charge is 0.534 e. The van der Waals surface area contributed by atoms with E-state index in [1.165, 1.54) is 36.4 Å². The average Bonchev–Trinajstić information content (AvgIpc) is 3.16. The van der Waals surface area contributed by atoms with E-state index in [1.807, 2.05) is 6.92 Å². The zero-order valence-electron chi connectivity index (χ0n) is 18.7. The molecule has 0 amide bonds. The molecule has 1 unspecified atom stereocenters. The van der Waals surface area contributed by atoms with Crippen LogP contribution < -0.4 is 0 Å². The lowest BCUT2D eigenvalue weighted by Crippen LogP contribution is -2.29. The first-order valence-electron chi connectivity index (χ1n) is 10.2. The van der Waals surface area contributed by atoms with Crippen LogP contribution in [0.4, 0.5) is 13.2 Å². The molecule has 2 aromatic carbocycles. The third kappa shape index (κ3) is 5.53. The number of rotatable bonds is 6. The molecule has 2 aromatic rings. The highest BCUT2D eigenvalue weighted by Crippen LogP contribution is 2.38. The first-order chi connectivity index (χ1) is 15.7. The van der Waals surface area contributed by atoms with Crippen LogP contribution in [0, 0.1) is 12.8 Å². The second kappa shape index (κ2) is 9.55. The summed E-state index contributed by atoms with van der Waals surface area (Å²) in [6.07, 6.45) is 1.69. The monoisotopic (exact) mass is 515 g/mol. The summed E-state index contributed by atoms with van der Waals surface area (Å²) >= 11 is 0. The maximum absolute atomic E-state index is 13.3. The zero-order valence-corrected chi connectivity index (χ0v) is 20.3. The van der Waals surface area contributed by atoms with E-state index in [1.54, 1.807) is 38.1 Å². The van der Waals surface area contributed by atoms with Gasteiger partial charge in [-0.15, -0.1) is 0 Å². The van der Waals surface area contributed by atoms with Gasteiger partial charge in [-0.05, 0) is 38.5 Å². The minimum Gasteiger partial charge on any atom is -0.375 e.